The van der Waals surface area contributed by atoms with Gasteiger partial charge in [0, 0.05) is 6.42 Å². The highest BCUT2D eigenvalue weighted by atomic mass is 16.5. The molecule has 0 saturated heterocycles. The summed E-state index contributed by atoms with van der Waals surface area (Å²) in [4.78, 5) is 10.8. The van der Waals surface area contributed by atoms with Crippen LogP contribution in [0.5, 0.6) is 0 Å². The van der Waals surface area contributed by atoms with E-state index in [2.05, 4.69) is 6.58 Å². The van der Waals surface area contributed by atoms with Gasteiger partial charge in [-0.1, -0.05) is 6.08 Å². The number of carbonyl (C=O) groups is 1. The van der Waals surface area contributed by atoms with Crippen LogP contribution in [0.1, 0.15) is 19.3 Å². The molecule has 3 heteroatoms. The van der Waals surface area contributed by atoms with Crippen LogP contribution in [0.25, 0.3) is 0 Å². The summed E-state index contributed by atoms with van der Waals surface area (Å²) in [6, 6.07) is 0. The van der Waals surface area contributed by atoms with Gasteiger partial charge in [-0.2, -0.15) is 0 Å². The molecule has 0 spiro atoms. The molecular weight excluding hydrogens is 142 g/mol. The fraction of sp³-hybridized carbons (Fsp3) is 0.625. The van der Waals surface area contributed by atoms with Gasteiger partial charge in [0.25, 0.3) is 0 Å². The fourth-order valence-corrected chi connectivity index (χ4v) is 0.561. The van der Waals surface area contributed by atoms with Crippen molar-refractivity contribution in [3.63, 3.8) is 0 Å². The van der Waals surface area contributed by atoms with Gasteiger partial charge < -0.3 is 10.5 Å². The van der Waals surface area contributed by atoms with E-state index in [0.29, 0.717) is 26.0 Å². The van der Waals surface area contributed by atoms with Gasteiger partial charge in [0.05, 0.1) is 6.61 Å². The Bertz CT molecular complexity index is 123. The van der Waals surface area contributed by atoms with Crippen molar-refractivity contribution in [3.8, 4) is 0 Å². The quantitative estimate of drug-likeness (QED) is 0.353. The van der Waals surface area contributed by atoms with E-state index in [0.717, 1.165) is 6.42 Å². The van der Waals surface area contributed by atoms with Crippen molar-refractivity contribution in [1.29, 1.82) is 0 Å². The van der Waals surface area contributed by atoms with E-state index in [1.807, 2.05) is 0 Å². The average Bonchev–Trinajstić information content (AvgIpc) is 2.01. The minimum atomic E-state index is -0.168. The van der Waals surface area contributed by atoms with Crippen molar-refractivity contribution >= 4 is 5.97 Å². The summed E-state index contributed by atoms with van der Waals surface area (Å²) >= 11 is 0. The lowest BCUT2D eigenvalue weighted by Gasteiger charge is -2.01. The first-order valence-corrected chi connectivity index (χ1v) is 3.78. The second kappa shape index (κ2) is 7.28. The highest BCUT2D eigenvalue weighted by molar-refractivity contribution is 5.69. The van der Waals surface area contributed by atoms with Crippen LogP contribution in [0.15, 0.2) is 12.7 Å². The summed E-state index contributed by atoms with van der Waals surface area (Å²) < 4.78 is 4.82. The van der Waals surface area contributed by atoms with Gasteiger partial charge >= 0.3 is 5.97 Å². The molecule has 3 nitrogen and oxygen atoms in total. The first kappa shape index (κ1) is 10.2. The second-order valence-corrected chi connectivity index (χ2v) is 2.19. The Morgan fingerprint density at radius 1 is 1.64 bits per heavy atom. The number of hydrogen-bond acceptors (Lipinski definition) is 3. The van der Waals surface area contributed by atoms with Gasteiger partial charge in [-0.15, -0.1) is 6.58 Å². The van der Waals surface area contributed by atoms with E-state index in [1.165, 1.54) is 0 Å². The molecule has 0 radical (unpaired) electrons. The number of ether oxygens (including phenoxy) is 1. The van der Waals surface area contributed by atoms with Gasteiger partial charge in [0.15, 0.2) is 0 Å². The highest BCUT2D eigenvalue weighted by Gasteiger charge is 1.98. The lowest BCUT2D eigenvalue weighted by molar-refractivity contribution is -0.143. The second-order valence-electron chi connectivity index (χ2n) is 2.19. The van der Waals surface area contributed by atoms with Crippen LogP contribution in [0.4, 0.5) is 0 Å². The van der Waals surface area contributed by atoms with Gasteiger partial charge in [-0.05, 0) is 19.4 Å². The van der Waals surface area contributed by atoms with Crippen LogP contribution in [0, 0.1) is 0 Å². The maximum absolute atomic E-state index is 10.8. The third-order valence-corrected chi connectivity index (χ3v) is 1.16. The third kappa shape index (κ3) is 7.06. The molecule has 0 aromatic carbocycles. The van der Waals surface area contributed by atoms with Crippen LogP contribution in [-0.2, 0) is 9.53 Å². The molecule has 2 N–H and O–H groups in total. The molecule has 0 amide bonds. The number of allylic oxidation sites excluding steroid dienone is 1. The molecule has 0 bridgehead atoms. The maximum atomic E-state index is 10.8. The lowest BCUT2D eigenvalue weighted by Crippen LogP contribution is -2.09. The molecule has 0 heterocycles. The summed E-state index contributed by atoms with van der Waals surface area (Å²) in [5, 5.41) is 0. The van der Waals surface area contributed by atoms with Crippen molar-refractivity contribution in [2.75, 3.05) is 13.2 Å². The van der Waals surface area contributed by atoms with E-state index in [-0.39, 0.29) is 5.97 Å². The Hall–Kier alpha value is -0.830. The number of carbonyl (C=O) groups excluding carboxylic acids is 1. The Kier molecular flexibility index (Phi) is 6.73. The molecular formula is C8H15NO2. The number of rotatable bonds is 6. The third-order valence-electron chi connectivity index (χ3n) is 1.16. The number of hydrogen-bond donors (Lipinski definition) is 1. The molecule has 0 aromatic rings. The smallest absolute Gasteiger partial charge is 0.306 e. The molecule has 0 fully saturated rings. The zero-order valence-corrected chi connectivity index (χ0v) is 6.71. The molecule has 0 aliphatic heterocycles. The van der Waals surface area contributed by atoms with Gasteiger partial charge in [-0.3, -0.25) is 4.79 Å². The molecule has 64 valence electrons. The van der Waals surface area contributed by atoms with E-state index in [9.17, 15) is 4.79 Å². The van der Waals surface area contributed by atoms with E-state index in [1.54, 1.807) is 6.08 Å². The predicted molar refractivity (Wildman–Crippen MR) is 44.1 cm³/mol. The van der Waals surface area contributed by atoms with Crippen molar-refractivity contribution in [2.24, 2.45) is 5.73 Å². The normalized spacial score (nSPS) is 9.18. The summed E-state index contributed by atoms with van der Waals surface area (Å²) in [6.07, 6.45) is 3.54. The zero-order chi connectivity index (χ0) is 8.53. The molecule has 0 aliphatic carbocycles. The molecule has 0 atom stereocenters. The molecule has 0 aromatic heterocycles. The lowest BCUT2D eigenvalue weighted by atomic mass is 10.3. The molecule has 0 rings (SSSR count). The summed E-state index contributed by atoms with van der Waals surface area (Å²) in [6.45, 7) is 4.50. The van der Waals surface area contributed by atoms with Crippen molar-refractivity contribution < 1.29 is 9.53 Å². The summed E-state index contributed by atoms with van der Waals surface area (Å²) in [5.41, 5.74) is 5.21. The van der Waals surface area contributed by atoms with Crippen molar-refractivity contribution in [3.05, 3.63) is 12.7 Å². The van der Waals surface area contributed by atoms with Crippen LogP contribution in [0.3, 0.4) is 0 Å². The highest BCUT2D eigenvalue weighted by Crippen LogP contribution is 1.93. The van der Waals surface area contributed by atoms with Crippen LogP contribution in [0.2, 0.25) is 0 Å². The summed E-state index contributed by atoms with van der Waals surface area (Å²) in [5.74, 6) is -0.168. The van der Waals surface area contributed by atoms with Crippen LogP contribution in [-0.4, -0.2) is 19.1 Å². The summed E-state index contributed by atoms with van der Waals surface area (Å²) in [7, 11) is 0. The SMILES string of the molecule is C=CCCC(=O)OCCCN. The topological polar surface area (TPSA) is 52.3 Å². The molecule has 0 aliphatic rings. The average molecular weight is 157 g/mol. The first-order chi connectivity index (χ1) is 5.31. The minimum absolute atomic E-state index is 0.168. The van der Waals surface area contributed by atoms with Gasteiger partial charge in [0.2, 0.25) is 0 Å². The Labute approximate surface area is 67.2 Å². The Balaban J connectivity index is 3.15. The molecule has 0 saturated carbocycles. The monoisotopic (exact) mass is 157 g/mol. The molecule has 0 unspecified atom stereocenters. The van der Waals surface area contributed by atoms with E-state index in [4.69, 9.17) is 10.5 Å². The van der Waals surface area contributed by atoms with Crippen LogP contribution < -0.4 is 5.73 Å². The van der Waals surface area contributed by atoms with Gasteiger partial charge in [0.1, 0.15) is 0 Å². The van der Waals surface area contributed by atoms with Gasteiger partial charge in [-0.25, -0.2) is 0 Å². The van der Waals surface area contributed by atoms with E-state index < -0.39 is 0 Å². The molecule has 11 heavy (non-hydrogen) atoms. The first-order valence-electron chi connectivity index (χ1n) is 3.78. The number of esters is 1. The number of nitrogens with two attached hydrogens (primary N) is 1. The van der Waals surface area contributed by atoms with Crippen molar-refractivity contribution in [1.82, 2.24) is 0 Å². The fourth-order valence-electron chi connectivity index (χ4n) is 0.561. The van der Waals surface area contributed by atoms with Crippen molar-refractivity contribution in [2.45, 2.75) is 19.3 Å². The van der Waals surface area contributed by atoms with E-state index >= 15 is 0 Å². The maximum Gasteiger partial charge on any atom is 0.306 e. The predicted octanol–water partition coefficient (Wildman–Crippen LogP) is 0.845. The minimum Gasteiger partial charge on any atom is -0.466 e. The largest absolute Gasteiger partial charge is 0.466 e. The zero-order valence-electron chi connectivity index (χ0n) is 6.71. The Morgan fingerprint density at radius 3 is 2.91 bits per heavy atom. The van der Waals surface area contributed by atoms with Crippen LogP contribution >= 0.6 is 0 Å². The standard InChI is InChI=1S/C8H15NO2/c1-2-3-5-8(10)11-7-4-6-9/h2H,1,3-7,9H2. The Morgan fingerprint density at radius 2 is 2.36 bits per heavy atom.